The zero-order valence-electron chi connectivity index (χ0n) is 11.4. The molecule has 16 heavy (non-hydrogen) atoms. The molecule has 0 fully saturated rings. The van der Waals surface area contributed by atoms with Crippen LogP contribution in [0.3, 0.4) is 0 Å². The van der Waals surface area contributed by atoms with Gasteiger partial charge >= 0.3 is 8.80 Å². The highest BCUT2D eigenvalue weighted by Crippen LogP contribution is 2.14. The van der Waals surface area contributed by atoms with Crippen LogP contribution in [0.4, 0.5) is 0 Å². The molecule has 0 aliphatic heterocycles. The molecule has 0 bridgehead atoms. The maximum Gasteiger partial charge on any atom is 0.500 e. The molecule has 3 nitrogen and oxygen atoms in total. The third-order valence-corrected chi connectivity index (χ3v) is 5.63. The SMILES string of the molecule is CCCCCCCCO[Si](CC)(OC)OC. The number of rotatable bonds is 11. The van der Waals surface area contributed by atoms with Gasteiger partial charge in [-0.1, -0.05) is 46.0 Å². The van der Waals surface area contributed by atoms with Crippen molar-refractivity contribution in [1.29, 1.82) is 0 Å². The predicted molar refractivity (Wildman–Crippen MR) is 69.6 cm³/mol. The molecule has 0 heterocycles. The highest BCUT2D eigenvalue weighted by Gasteiger charge is 2.36. The van der Waals surface area contributed by atoms with Gasteiger partial charge in [0.15, 0.2) is 0 Å². The van der Waals surface area contributed by atoms with Crippen LogP contribution in [0.25, 0.3) is 0 Å². The zero-order valence-corrected chi connectivity index (χ0v) is 12.4. The molecule has 0 aromatic carbocycles. The molecule has 98 valence electrons. The van der Waals surface area contributed by atoms with E-state index in [9.17, 15) is 0 Å². The molecule has 0 aliphatic rings. The van der Waals surface area contributed by atoms with Gasteiger partial charge in [0.1, 0.15) is 0 Å². The first-order valence-corrected chi connectivity index (χ1v) is 8.42. The van der Waals surface area contributed by atoms with Crippen molar-refractivity contribution in [3.63, 3.8) is 0 Å². The third kappa shape index (κ3) is 6.63. The standard InChI is InChI=1S/C12H28O3Si/c1-5-7-8-9-10-11-12-15-16(6-2,13-3)14-4/h5-12H2,1-4H3. The summed E-state index contributed by atoms with van der Waals surface area (Å²) in [6.45, 7) is 5.07. The Kier molecular flexibility index (Phi) is 10.3. The van der Waals surface area contributed by atoms with Gasteiger partial charge in [-0.25, -0.2) is 0 Å². The van der Waals surface area contributed by atoms with Gasteiger partial charge in [0.05, 0.1) is 0 Å². The minimum Gasteiger partial charge on any atom is -0.377 e. The van der Waals surface area contributed by atoms with Crippen molar-refractivity contribution < 1.29 is 13.3 Å². The van der Waals surface area contributed by atoms with Gasteiger partial charge in [0, 0.05) is 26.9 Å². The highest BCUT2D eigenvalue weighted by molar-refractivity contribution is 6.60. The summed E-state index contributed by atoms with van der Waals surface area (Å²) in [5.74, 6) is 0. The summed E-state index contributed by atoms with van der Waals surface area (Å²) in [7, 11) is 1.07. The first-order chi connectivity index (χ1) is 7.74. The molecule has 0 aromatic heterocycles. The van der Waals surface area contributed by atoms with E-state index in [1.54, 1.807) is 14.2 Å². The molecule has 0 saturated carbocycles. The van der Waals surface area contributed by atoms with E-state index in [4.69, 9.17) is 13.3 Å². The van der Waals surface area contributed by atoms with E-state index in [1.165, 1.54) is 32.1 Å². The quantitative estimate of drug-likeness (QED) is 0.413. The topological polar surface area (TPSA) is 27.7 Å². The summed E-state index contributed by atoms with van der Waals surface area (Å²) in [5, 5.41) is 0. The largest absolute Gasteiger partial charge is 0.500 e. The van der Waals surface area contributed by atoms with Crippen LogP contribution in [0, 0.1) is 0 Å². The van der Waals surface area contributed by atoms with Gasteiger partial charge in [0.2, 0.25) is 0 Å². The molecule has 0 aromatic rings. The van der Waals surface area contributed by atoms with Crippen LogP contribution in [0.15, 0.2) is 0 Å². The lowest BCUT2D eigenvalue weighted by atomic mass is 10.1. The fourth-order valence-electron chi connectivity index (χ4n) is 1.70. The second-order valence-corrected chi connectivity index (χ2v) is 7.24. The molecule has 0 amide bonds. The zero-order chi connectivity index (χ0) is 12.3. The number of hydrogen-bond acceptors (Lipinski definition) is 3. The van der Waals surface area contributed by atoms with Crippen LogP contribution in [0.5, 0.6) is 0 Å². The normalized spacial score (nSPS) is 12.0. The maximum absolute atomic E-state index is 5.78. The first kappa shape index (κ1) is 16.1. The minimum atomic E-state index is -2.29. The molecular weight excluding hydrogens is 220 g/mol. The molecule has 0 atom stereocenters. The molecule has 4 heteroatoms. The van der Waals surface area contributed by atoms with E-state index in [0.29, 0.717) is 0 Å². The Morgan fingerprint density at radius 2 is 1.38 bits per heavy atom. The van der Waals surface area contributed by atoms with Crippen LogP contribution in [-0.4, -0.2) is 29.6 Å². The maximum atomic E-state index is 5.78. The summed E-state index contributed by atoms with van der Waals surface area (Å²) in [5.41, 5.74) is 0. The molecule has 0 N–H and O–H groups in total. The number of unbranched alkanes of at least 4 members (excludes halogenated alkanes) is 5. The van der Waals surface area contributed by atoms with Gasteiger partial charge in [-0.3, -0.25) is 0 Å². The van der Waals surface area contributed by atoms with E-state index in [-0.39, 0.29) is 0 Å². The molecular formula is C12H28O3Si. The van der Waals surface area contributed by atoms with Crippen molar-refractivity contribution >= 4 is 8.80 Å². The van der Waals surface area contributed by atoms with E-state index in [1.807, 2.05) is 0 Å². The number of hydrogen-bond donors (Lipinski definition) is 0. The van der Waals surface area contributed by atoms with Crippen LogP contribution in [0.1, 0.15) is 52.4 Å². The fourth-order valence-corrected chi connectivity index (χ4v) is 3.34. The fraction of sp³-hybridized carbons (Fsp3) is 1.00. The van der Waals surface area contributed by atoms with Crippen LogP contribution in [-0.2, 0) is 13.3 Å². The second kappa shape index (κ2) is 10.3. The summed E-state index contributed by atoms with van der Waals surface area (Å²) < 4.78 is 16.5. The van der Waals surface area contributed by atoms with Crippen molar-refractivity contribution in [2.75, 3.05) is 20.8 Å². The van der Waals surface area contributed by atoms with Crippen molar-refractivity contribution in [3.8, 4) is 0 Å². The average Bonchev–Trinajstić information content (AvgIpc) is 2.34. The Balaban J connectivity index is 3.48. The summed E-state index contributed by atoms with van der Waals surface area (Å²) >= 11 is 0. The van der Waals surface area contributed by atoms with Gasteiger partial charge in [0.25, 0.3) is 0 Å². The first-order valence-electron chi connectivity index (χ1n) is 6.49. The van der Waals surface area contributed by atoms with Crippen molar-refractivity contribution in [2.24, 2.45) is 0 Å². The molecule has 0 spiro atoms. The van der Waals surface area contributed by atoms with Crippen molar-refractivity contribution in [2.45, 2.75) is 58.4 Å². The van der Waals surface area contributed by atoms with E-state index >= 15 is 0 Å². The van der Waals surface area contributed by atoms with Gasteiger partial charge in [-0.2, -0.15) is 0 Å². The van der Waals surface area contributed by atoms with E-state index < -0.39 is 8.80 Å². The predicted octanol–water partition coefficient (Wildman–Crippen LogP) is 3.62. The molecule has 0 rings (SSSR count). The molecule has 0 saturated heterocycles. The second-order valence-electron chi connectivity index (χ2n) is 4.06. The third-order valence-electron chi connectivity index (χ3n) is 2.87. The smallest absolute Gasteiger partial charge is 0.377 e. The van der Waals surface area contributed by atoms with Crippen molar-refractivity contribution in [3.05, 3.63) is 0 Å². The van der Waals surface area contributed by atoms with E-state index in [0.717, 1.165) is 19.1 Å². The molecule has 0 radical (unpaired) electrons. The van der Waals surface area contributed by atoms with Crippen molar-refractivity contribution in [1.82, 2.24) is 0 Å². The Morgan fingerprint density at radius 1 is 0.812 bits per heavy atom. The lowest BCUT2D eigenvalue weighted by Crippen LogP contribution is -2.43. The van der Waals surface area contributed by atoms with Crippen LogP contribution in [0.2, 0.25) is 6.04 Å². The Morgan fingerprint density at radius 3 is 1.88 bits per heavy atom. The summed E-state index contributed by atoms with van der Waals surface area (Å²) in [6, 6.07) is 0.843. The van der Waals surface area contributed by atoms with Gasteiger partial charge in [-0.05, 0) is 6.42 Å². The van der Waals surface area contributed by atoms with Crippen LogP contribution < -0.4 is 0 Å². The molecule has 0 aliphatic carbocycles. The lowest BCUT2D eigenvalue weighted by Gasteiger charge is -2.24. The average molecular weight is 248 g/mol. The highest BCUT2D eigenvalue weighted by atomic mass is 28.4. The Bertz CT molecular complexity index is 141. The Labute approximate surface area is 102 Å². The summed E-state index contributed by atoms with van der Waals surface area (Å²) in [6.07, 6.45) is 7.69. The van der Waals surface area contributed by atoms with Gasteiger partial charge in [-0.15, -0.1) is 0 Å². The Hall–Kier alpha value is 0.0969. The molecule has 0 unspecified atom stereocenters. The summed E-state index contributed by atoms with van der Waals surface area (Å²) in [4.78, 5) is 0. The monoisotopic (exact) mass is 248 g/mol. The van der Waals surface area contributed by atoms with Crippen LogP contribution >= 0.6 is 0 Å². The lowest BCUT2D eigenvalue weighted by molar-refractivity contribution is 0.0976. The minimum absolute atomic E-state index is 0.772. The van der Waals surface area contributed by atoms with E-state index in [2.05, 4.69) is 13.8 Å². The van der Waals surface area contributed by atoms with Gasteiger partial charge < -0.3 is 13.3 Å².